The first-order valence-electron chi connectivity index (χ1n) is 6.22. The molecule has 0 saturated carbocycles. The smallest absolute Gasteiger partial charge is 0.139 e. The van der Waals surface area contributed by atoms with Crippen molar-refractivity contribution in [1.29, 1.82) is 0 Å². The van der Waals surface area contributed by atoms with E-state index in [1.807, 2.05) is 42.5 Å². The van der Waals surface area contributed by atoms with Gasteiger partial charge in [-0.15, -0.1) is 0 Å². The maximum atomic E-state index is 12.0. The average molecular weight is 274 g/mol. The summed E-state index contributed by atoms with van der Waals surface area (Å²) >= 11 is 5.81. The molecule has 3 heteroatoms. The van der Waals surface area contributed by atoms with Crippen molar-refractivity contribution in [2.24, 2.45) is 5.73 Å². The Balaban J connectivity index is 1.93. The summed E-state index contributed by atoms with van der Waals surface area (Å²) in [6, 6.07) is 16.8. The first-order chi connectivity index (χ1) is 9.15. The lowest BCUT2D eigenvalue weighted by Crippen LogP contribution is -2.16. The van der Waals surface area contributed by atoms with Crippen molar-refractivity contribution >= 4 is 17.4 Å². The van der Waals surface area contributed by atoms with Crippen molar-refractivity contribution in [3.63, 3.8) is 0 Å². The van der Waals surface area contributed by atoms with Crippen molar-refractivity contribution in [2.75, 3.05) is 0 Å². The summed E-state index contributed by atoms with van der Waals surface area (Å²) in [5.74, 6) is 0.138. The summed E-state index contributed by atoms with van der Waals surface area (Å²) in [6.45, 7) is 0. The zero-order valence-corrected chi connectivity index (χ0v) is 11.3. The number of ketones is 1. The van der Waals surface area contributed by atoms with Crippen molar-refractivity contribution in [1.82, 2.24) is 0 Å². The Morgan fingerprint density at radius 3 is 2.32 bits per heavy atom. The van der Waals surface area contributed by atoms with E-state index >= 15 is 0 Å². The van der Waals surface area contributed by atoms with Gasteiger partial charge in [-0.2, -0.15) is 0 Å². The van der Waals surface area contributed by atoms with Gasteiger partial charge < -0.3 is 5.73 Å². The first-order valence-corrected chi connectivity index (χ1v) is 6.59. The lowest BCUT2D eigenvalue weighted by molar-refractivity contribution is -0.118. The maximum Gasteiger partial charge on any atom is 0.139 e. The van der Waals surface area contributed by atoms with Crippen LogP contribution < -0.4 is 5.73 Å². The van der Waals surface area contributed by atoms with Gasteiger partial charge >= 0.3 is 0 Å². The number of Topliss-reactive ketones (excluding diaryl/α,β-unsaturated/α-hetero) is 1. The van der Waals surface area contributed by atoms with Gasteiger partial charge in [0.05, 0.1) is 0 Å². The lowest BCUT2D eigenvalue weighted by atomic mass is 9.99. The third-order valence-electron chi connectivity index (χ3n) is 2.99. The molecule has 2 N–H and O–H groups in total. The quantitative estimate of drug-likeness (QED) is 0.905. The Hall–Kier alpha value is -1.64. The summed E-state index contributed by atoms with van der Waals surface area (Å²) in [5.41, 5.74) is 7.99. The number of benzene rings is 2. The molecular weight excluding hydrogens is 258 g/mol. The van der Waals surface area contributed by atoms with Crippen LogP contribution in [-0.2, 0) is 11.2 Å². The maximum absolute atomic E-state index is 12.0. The average Bonchev–Trinajstić information content (AvgIpc) is 2.42. The molecule has 0 heterocycles. The van der Waals surface area contributed by atoms with Gasteiger partial charge in [-0.1, -0.05) is 54.1 Å². The number of carbonyl (C=O) groups excluding carboxylic acids is 1. The van der Waals surface area contributed by atoms with Crippen molar-refractivity contribution < 1.29 is 4.79 Å². The van der Waals surface area contributed by atoms with Crippen LogP contribution in [0.5, 0.6) is 0 Å². The second kappa shape index (κ2) is 6.50. The second-order valence-corrected chi connectivity index (χ2v) is 5.00. The number of carbonyl (C=O) groups is 1. The minimum atomic E-state index is -0.235. The molecule has 0 fully saturated rings. The molecule has 2 rings (SSSR count). The fourth-order valence-electron chi connectivity index (χ4n) is 1.97. The molecule has 2 aromatic rings. The monoisotopic (exact) mass is 273 g/mol. The summed E-state index contributed by atoms with van der Waals surface area (Å²) in [4.78, 5) is 12.0. The van der Waals surface area contributed by atoms with Crippen molar-refractivity contribution in [3.05, 3.63) is 70.7 Å². The summed E-state index contributed by atoms with van der Waals surface area (Å²) in [7, 11) is 0. The molecule has 19 heavy (non-hydrogen) atoms. The van der Waals surface area contributed by atoms with Gasteiger partial charge in [0.25, 0.3) is 0 Å². The van der Waals surface area contributed by atoms with Crippen LogP contribution >= 0.6 is 11.6 Å². The largest absolute Gasteiger partial charge is 0.324 e. The van der Waals surface area contributed by atoms with Gasteiger partial charge in [0.1, 0.15) is 5.78 Å². The van der Waals surface area contributed by atoms with E-state index in [0.29, 0.717) is 17.9 Å². The van der Waals surface area contributed by atoms with E-state index in [-0.39, 0.29) is 11.8 Å². The van der Waals surface area contributed by atoms with E-state index in [2.05, 4.69) is 0 Å². The summed E-state index contributed by atoms with van der Waals surface area (Å²) < 4.78 is 0. The van der Waals surface area contributed by atoms with Crippen LogP contribution in [0.2, 0.25) is 5.02 Å². The van der Waals surface area contributed by atoms with Crippen LogP contribution in [-0.4, -0.2) is 5.78 Å². The van der Waals surface area contributed by atoms with Gasteiger partial charge in [-0.25, -0.2) is 0 Å². The van der Waals surface area contributed by atoms with Gasteiger partial charge in [-0.3, -0.25) is 4.79 Å². The van der Waals surface area contributed by atoms with Gasteiger partial charge in [-0.05, 0) is 23.3 Å². The predicted molar refractivity (Wildman–Crippen MR) is 78.2 cm³/mol. The van der Waals surface area contributed by atoms with E-state index in [0.717, 1.165) is 11.1 Å². The molecule has 0 aromatic heterocycles. The molecule has 1 atom stereocenters. The molecule has 0 amide bonds. The topological polar surface area (TPSA) is 43.1 Å². The SMILES string of the molecule is NC(CC(=O)Cc1ccc(Cl)cc1)c1ccccc1. The Labute approximate surface area is 118 Å². The Bertz CT molecular complexity index is 536. The zero-order valence-electron chi connectivity index (χ0n) is 10.6. The van der Waals surface area contributed by atoms with Gasteiger partial charge in [0.15, 0.2) is 0 Å². The Morgan fingerprint density at radius 1 is 1.05 bits per heavy atom. The fourth-order valence-corrected chi connectivity index (χ4v) is 2.09. The highest BCUT2D eigenvalue weighted by Gasteiger charge is 2.11. The van der Waals surface area contributed by atoms with Gasteiger partial charge in [0, 0.05) is 23.9 Å². The van der Waals surface area contributed by atoms with E-state index < -0.39 is 0 Å². The zero-order chi connectivity index (χ0) is 13.7. The summed E-state index contributed by atoms with van der Waals surface area (Å²) in [6.07, 6.45) is 0.754. The normalized spacial score (nSPS) is 12.1. The van der Waals surface area contributed by atoms with Crippen LogP contribution in [0, 0.1) is 0 Å². The van der Waals surface area contributed by atoms with E-state index in [9.17, 15) is 4.79 Å². The molecule has 0 aliphatic heterocycles. The van der Waals surface area contributed by atoms with Crippen LogP contribution in [0.1, 0.15) is 23.6 Å². The molecule has 1 unspecified atom stereocenters. The fraction of sp³-hybridized carbons (Fsp3) is 0.188. The molecule has 2 nitrogen and oxygen atoms in total. The highest BCUT2D eigenvalue weighted by atomic mass is 35.5. The van der Waals surface area contributed by atoms with E-state index in [4.69, 9.17) is 17.3 Å². The standard InChI is InChI=1S/C16H16ClNO/c17-14-8-6-12(7-9-14)10-15(19)11-16(18)13-4-2-1-3-5-13/h1-9,16H,10-11,18H2. The predicted octanol–water partition coefficient (Wildman–Crippen LogP) is 3.54. The molecule has 98 valence electrons. The van der Waals surface area contributed by atoms with Gasteiger partial charge in [0.2, 0.25) is 0 Å². The highest BCUT2D eigenvalue weighted by molar-refractivity contribution is 6.30. The minimum absolute atomic E-state index is 0.138. The lowest BCUT2D eigenvalue weighted by Gasteiger charge is -2.11. The number of nitrogens with two attached hydrogens (primary N) is 1. The molecule has 0 bridgehead atoms. The number of hydrogen-bond acceptors (Lipinski definition) is 2. The Morgan fingerprint density at radius 2 is 1.68 bits per heavy atom. The first kappa shape index (κ1) is 13.8. The number of hydrogen-bond donors (Lipinski definition) is 1. The van der Waals surface area contributed by atoms with E-state index in [1.54, 1.807) is 12.1 Å². The van der Waals surface area contributed by atoms with E-state index in [1.165, 1.54) is 0 Å². The number of halogens is 1. The summed E-state index contributed by atoms with van der Waals surface area (Å²) in [5, 5.41) is 0.678. The highest BCUT2D eigenvalue weighted by Crippen LogP contribution is 2.16. The molecule has 2 aromatic carbocycles. The van der Waals surface area contributed by atoms with Crippen LogP contribution in [0.3, 0.4) is 0 Å². The second-order valence-electron chi connectivity index (χ2n) is 4.56. The molecular formula is C16H16ClNO. The molecule has 0 spiro atoms. The molecule has 0 aliphatic carbocycles. The van der Waals surface area contributed by atoms with Crippen molar-refractivity contribution in [2.45, 2.75) is 18.9 Å². The molecule has 0 saturated heterocycles. The van der Waals surface area contributed by atoms with Crippen LogP contribution in [0.4, 0.5) is 0 Å². The molecule has 0 aliphatic rings. The Kier molecular flexibility index (Phi) is 4.72. The molecule has 0 radical (unpaired) electrons. The minimum Gasteiger partial charge on any atom is -0.324 e. The third kappa shape index (κ3) is 4.19. The van der Waals surface area contributed by atoms with Crippen LogP contribution in [0.15, 0.2) is 54.6 Å². The van der Waals surface area contributed by atoms with Crippen LogP contribution in [0.25, 0.3) is 0 Å². The third-order valence-corrected chi connectivity index (χ3v) is 3.24. The number of rotatable bonds is 5. The van der Waals surface area contributed by atoms with Crippen molar-refractivity contribution in [3.8, 4) is 0 Å².